The van der Waals surface area contributed by atoms with Crippen LogP contribution in [0.25, 0.3) is 10.8 Å². The highest BCUT2D eigenvalue weighted by Crippen LogP contribution is 2.26. The smallest absolute Gasteiger partial charge is 0.0332 e. The first-order valence-electron chi connectivity index (χ1n) is 6.41. The predicted molar refractivity (Wildman–Crippen MR) is 78.4 cm³/mol. The molecule has 0 bridgehead atoms. The molecule has 1 unspecified atom stereocenters. The van der Waals surface area contributed by atoms with Crippen LogP contribution in [0, 0.1) is 11.8 Å². The number of fused-ring (bicyclic) bond motifs is 1. The summed E-state index contributed by atoms with van der Waals surface area (Å²) in [5, 5.41) is 6.04. The Morgan fingerprint density at radius 1 is 1.11 bits per heavy atom. The van der Waals surface area contributed by atoms with Crippen LogP contribution in [0.15, 0.2) is 42.5 Å². The molecular formula is C17H19N. The van der Waals surface area contributed by atoms with Crippen molar-refractivity contribution in [2.75, 3.05) is 7.05 Å². The predicted octanol–water partition coefficient (Wildman–Crippen LogP) is 3.90. The van der Waals surface area contributed by atoms with Crippen LogP contribution in [-0.4, -0.2) is 7.05 Å². The third-order valence-corrected chi connectivity index (χ3v) is 3.28. The van der Waals surface area contributed by atoms with Gasteiger partial charge in [0, 0.05) is 12.5 Å². The van der Waals surface area contributed by atoms with Gasteiger partial charge in [0.05, 0.1) is 0 Å². The van der Waals surface area contributed by atoms with Crippen LogP contribution in [0.1, 0.15) is 31.4 Å². The third-order valence-electron chi connectivity index (χ3n) is 3.28. The molecule has 0 aromatic heterocycles. The van der Waals surface area contributed by atoms with Crippen LogP contribution in [-0.2, 0) is 0 Å². The molecule has 1 N–H and O–H groups in total. The minimum absolute atomic E-state index is 0.372. The van der Waals surface area contributed by atoms with Crippen molar-refractivity contribution in [2.45, 2.75) is 25.8 Å². The average molecular weight is 237 g/mol. The zero-order valence-corrected chi connectivity index (χ0v) is 11.0. The van der Waals surface area contributed by atoms with E-state index in [1.165, 1.54) is 16.3 Å². The molecule has 18 heavy (non-hydrogen) atoms. The van der Waals surface area contributed by atoms with Gasteiger partial charge in [0.25, 0.3) is 0 Å². The summed E-state index contributed by atoms with van der Waals surface area (Å²) in [5.74, 6) is 6.10. The van der Waals surface area contributed by atoms with Crippen molar-refractivity contribution in [2.24, 2.45) is 0 Å². The van der Waals surface area contributed by atoms with Gasteiger partial charge in [0.2, 0.25) is 0 Å². The molecule has 2 aromatic carbocycles. The Balaban J connectivity index is 2.34. The number of hydrogen-bond acceptors (Lipinski definition) is 1. The normalized spacial score (nSPS) is 11.9. The van der Waals surface area contributed by atoms with Crippen LogP contribution < -0.4 is 5.32 Å². The van der Waals surface area contributed by atoms with Crippen LogP contribution >= 0.6 is 0 Å². The molecule has 0 aliphatic rings. The van der Waals surface area contributed by atoms with Gasteiger partial charge in [-0.3, -0.25) is 0 Å². The SMILES string of the molecule is CC#CCCC(NC)c1cccc2ccccc12. The molecule has 2 aromatic rings. The Labute approximate surface area is 109 Å². The highest BCUT2D eigenvalue weighted by atomic mass is 14.9. The van der Waals surface area contributed by atoms with E-state index in [2.05, 4.69) is 59.6 Å². The van der Waals surface area contributed by atoms with Crippen molar-refractivity contribution in [1.82, 2.24) is 5.32 Å². The van der Waals surface area contributed by atoms with E-state index in [0.717, 1.165) is 12.8 Å². The first-order valence-corrected chi connectivity index (χ1v) is 6.41. The lowest BCUT2D eigenvalue weighted by molar-refractivity contribution is 0.562. The van der Waals surface area contributed by atoms with Gasteiger partial charge in [0.15, 0.2) is 0 Å². The summed E-state index contributed by atoms with van der Waals surface area (Å²) in [4.78, 5) is 0. The van der Waals surface area contributed by atoms with Crippen LogP contribution in [0.5, 0.6) is 0 Å². The van der Waals surface area contributed by atoms with Gasteiger partial charge in [0.1, 0.15) is 0 Å². The van der Waals surface area contributed by atoms with Gasteiger partial charge in [-0.2, -0.15) is 0 Å². The number of benzene rings is 2. The number of hydrogen-bond donors (Lipinski definition) is 1. The molecule has 0 fully saturated rings. The van der Waals surface area contributed by atoms with Crippen LogP contribution in [0.4, 0.5) is 0 Å². The van der Waals surface area contributed by atoms with E-state index in [9.17, 15) is 0 Å². The van der Waals surface area contributed by atoms with Crippen molar-refractivity contribution in [3.05, 3.63) is 48.0 Å². The topological polar surface area (TPSA) is 12.0 Å². The van der Waals surface area contributed by atoms with Gasteiger partial charge >= 0.3 is 0 Å². The fourth-order valence-electron chi connectivity index (χ4n) is 2.35. The highest BCUT2D eigenvalue weighted by molar-refractivity contribution is 5.86. The standard InChI is InChI=1S/C17H19N/c1-3-4-5-13-17(18-2)16-12-8-10-14-9-6-7-11-15(14)16/h6-12,17-18H,5,13H2,1-2H3. The Hall–Kier alpha value is -1.78. The van der Waals surface area contributed by atoms with E-state index in [1.54, 1.807) is 0 Å². The lowest BCUT2D eigenvalue weighted by Crippen LogP contribution is -2.16. The average Bonchev–Trinajstić information content (AvgIpc) is 2.43. The van der Waals surface area contributed by atoms with Gasteiger partial charge in [-0.05, 0) is 36.7 Å². The first-order chi connectivity index (χ1) is 8.86. The summed E-state index contributed by atoms with van der Waals surface area (Å²) in [6.45, 7) is 1.90. The lowest BCUT2D eigenvalue weighted by atomic mass is 9.96. The molecular weight excluding hydrogens is 218 g/mol. The molecule has 1 heteroatoms. The Morgan fingerprint density at radius 2 is 1.89 bits per heavy atom. The van der Waals surface area contributed by atoms with E-state index in [1.807, 2.05) is 14.0 Å². The van der Waals surface area contributed by atoms with Gasteiger partial charge in [-0.25, -0.2) is 0 Å². The largest absolute Gasteiger partial charge is 0.313 e. The monoisotopic (exact) mass is 237 g/mol. The third kappa shape index (κ3) is 2.72. The Bertz CT molecular complexity index is 569. The summed E-state index contributed by atoms with van der Waals surface area (Å²) >= 11 is 0. The molecule has 0 aliphatic heterocycles. The maximum atomic E-state index is 3.40. The minimum atomic E-state index is 0.372. The van der Waals surface area contributed by atoms with E-state index >= 15 is 0 Å². The van der Waals surface area contributed by atoms with Crippen molar-refractivity contribution in [3.63, 3.8) is 0 Å². The molecule has 0 amide bonds. The quantitative estimate of drug-likeness (QED) is 0.795. The molecule has 0 saturated heterocycles. The van der Waals surface area contributed by atoms with E-state index < -0.39 is 0 Å². The van der Waals surface area contributed by atoms with Crippen molar-refractivity contribution >= 4 is 10.8 Å². The zero-order chi connectivity index (χ0) is 12.8. The molecule has 0 saturated carbocycles. The fourth-order valence-corrected chi connectivity index (χ4v) is 2.35. The van der Waals surface area contributed by atoms with Gasteiger partial charge in [-0.15, -0.1) is 11.8 Å². The summed E-state index contributed by atoms with van der Waals surface area (Å²) in [6.07, 6.45) is 1.98. The highest BCUT2D eigenvalue weighted by Gasteiger charge is 2.11. The second kappa shape index (κ2) is 6.23. The Morgan fingerprint density at radius 3 is 2.67 bits per heavy atom. The molecule has 1 nitrogen and oxygen atoms in total. The maximum Gasteiger partial charge on any atom is 0.0332 e. The molecule has 1 atom stereocenters. The fraction of sp³-hybridized carbons (Fsp3) is 0.294. The van der Waals surface area contributed by atoms with Gasteiger partial charge in [-0.1, -0.05) is 42.5 Å². The number of rotatable bonds is 4. The first kappa shape index (κ1) is 12.7. The zero-order valence-electron chi connectivity index (χ0n) is 11.0. The minimum Gasteiger partial charge on any atom is -0.313 e. The molecule has 0 spiro atoms. The Kier molecular flexibility index (Phi) is 4.39. The second-order valence-corrected chi connectivity index (χ2v) is 4.38. The van der Waals surface area contributed by atoms with Gasteiger partial charge < -0.3 is 5.32 Å². The van der Waals surface area contributed by atoms with E-state index in [0.29, 0.717) is 6.04 Å². The van der Waals surface area contributed by atoms with Crippen molar-refractivity contribution in [3.8, 4) is 11.8 Å². The molecule has 92 valence electrons. The maximum absolute atomic E-state index is 3.40. The van der Waals surface area contributed by atoms with Crippen molar-refractivity contribution < 1.29 is 0 Å². The lowest BCUT2D eigenvalue weighted by Gasteiger charge is -2.17. The number of nitrogens with one attached hydrogen (secondary N) is 1. The summed E-state index contributed by atoms with van der Waals surface area (Å²) < 4.78 is 0. The molecule has 0 aliphatic carbocycles. The molecule has 0 heterocycles. The second-order valence-electron chi connectivity index (χ2n) is 4.38. The van der Waals surface area contributed by atoms with Crippen molar-refractivity contribution in [1.29, 1.82) is 0 Å². The van der Waals surface area contributed by atoms with Crippen LogP contribution in [0.3, 0.4) is 0 Å². The summed E-state index contributed by atoms with van der Waals surface area (Å²) in [5.41, 5.74) is 1.37. The summed E-state index contributed by atoms with van der Waals surface area (Å²) in [6, 6.07) is 15.4. The summed E-state index contributed by atoms with van der Waals surface area (Å²) in [7, 11) is 2.02. The molecule has 0 radical (unpaired) electrons. The van der Waals surface area contributed by atoms with E-state index in [-0.39, 0.29) is 0 Å². The van der Waals surface area contributed by atoms with E-state index in [4.69, 9.17) is 0 Å². The van der Waals surface area contributed by atoms with Crippen LogP contribution in [0.2, 0.25) is 0 Å². The molecule has 2 rings (SSSR count).